The molecule has 23 heavy (non-hydrogen) atoms. The van der Waals surface area contributed by atoms with Crippen LogP contribution < -0.4 is 5.73 Å². The van der Waals surface area contributed by atoms with Crippen molar-refractivity contribution in [2.24, 2.45) is 11.7 Å². The van der Waals surface area contributed by atoms with Crippen LogP contribution in [-0.4, -0.2) is 71.2 Å². The van der Waals surface area contributed by atoms with Crippen molar-refractivity contribution in [3.05, 3.63) is 12.7 Å². The topological polar surface area (TPSA) is 104 Å². The third-order valence-corrected chi connectivity index (χ3v) is 3.82. The minimum Gasteiger partial charge on any atom is -0.344 e. The maximum absolute atomic E-state index is 12.1. The van der Waals surface area contributed by atoms with Gasteiger partial charge in [0.15, 0.2) is 0 Å². The zero-order chi connectivity index (χ0) is 17.7. The number of nitrogens with zero attached hydrogens (tertiary/aromatic N) is 3. The van der Waals surface area contributed by atoms with Crippen LogP contribution in [0.4, 0.5) is 4.79 Å². The van der Waals surface area contributed by atoms with Crippen molar-refractivity contribution in [1.82, 2.24) is 14.7 Å². The molecule has 0 bridgehead atoms. The first kappa shape index (κ1) is 18.8. The summed E-state index contributed by atoms with van der Waals surface area (Å²) in [5, 5.41) is 0. The Morgan fingerprint density at radius 2 is 1.83 bits per heavy atom. The summed E-state index contributed by atoms with van der Waals surface area (Å²) in [7, 11) is 1.57. The summed E-state index contributed by atoms with van der Waals surface area (Å²) >= 11 is 0. The standard InChI is InChI=1S/C15H24N4O4/c1-5-7-18-13(21)14(22)19(15(18)23)9-12(20)17(4)8-6-11(16)10(2)3/h5,10-11H,1,6-9,16H2,2-4H3. The van der Waals surface area contributed by atoms with Gasteiger partial charge in [0.2, 0.25) is 5.91 Å². The number of likely N-dealkylation sites (N-methyl/N-ethyl adjacent to an activating group) is 1. The molecule has 1 atom stereocenters. The third-order valence-electron chi connectivity index (χ3n) is 3.82. The van der Waals surface area contributed by atoms with Crippen molar-refractivity contribution in [1.29, 1.82) is 0 Å². The van der Waals surface area contributed by atoms with Gasteiger partial charge >= 0.3 is 17.8 Å². The molecular formula is C15H24N4O4. The molecule has 8 heteroatoms. The first-order valence-electron chi connectivity index (χ1n) is 7.48. The van der Waals surface area contributed by atoms with Crippen molar-refractivity contribution in [3.8, 4) is 0 Å². The minimum absolute atomic E-state index is 0.0371. The maximum atomic E-state index is 12.1. The SMILES string of the molecule is C=CCN1C(=O)C(=O)N(CC(=O)N(C)CCC(N)C(C)C)C1=O. The Hall–Kier alpha value is -2.22. The first-order valence-corrected chi connectivity index (χ1v) is 7.48. The van der Waals surface area contributed by atoms with Crippen LogP contribution in [0.3, 0.4) is 0 Å². The summed E-state index contributed by atoms with van der Waals surface area (Å²) in [5.74, 6) is -2.05. The van der Waals surface area contributed by atoms with Gasteiger partial charge in [0.05, 0.1) is 0 Å². The normalized spacial score (nSPS) is 16.3. The van der Waals surface area contributed by atoms with Gasteiger partial charge in [-0.2, -0.15) is 0 Å². The number of rotatable bonds is 8. The molecule has 1 fully saturated rings. The van der Waals surface area contributed by atoms with Crippen LogP contribution in [0.5, 0.6) is 0 Å². The van der Waals surface area contributed by atoms with Crippen LogP contribution in [0.15, 0.2) is 12.7 Å². The van der Waals surface area contributed by atoms with E-state index in [0.29, 0.717) is 23.8 Å². The molecule has 0 aliphatic carbocycles. The Labute approximate surface area is 135 Å². The molecule has 0 saturated carbocycles. The molecule has 5 amide bonds. The first-order chi connectivity index (χ1) is 10.7. The van der Waals surface area contributed by atoms with Crippen LogP contribution in [0.2, 0.25) is 0 Å². The lowest BCUT2D eigenvalue weighted by Crippen LogP contribution is -2.43. The van der Waals surface area contributed by atoms with Crippen LogP contribution in [0.25, 0.3) is 0 Å². The Bertz CT molecular complexity index is 518. The summed E-state index contributed by atoms with van der Waals surface area (Å²) in [5.41, 5.74) is 5.93. The van der Waals surface area contributed by atoms with E-state index in [0.717, 1.165) is 4.90 Å². The number of carbonyl (C=O) groups excluding carboxylic acids is 4. The third kappa shape index (κ3) is 4.38. The monoisotopic (exact) mass is 324 g/mol. The zero-order valence-electron chi connectivity index (χ0n) is 13.8. The van der Waals surface area contributed by atoms with Crippen LogP contribution >= 0.6 is 0 Å². The summed E-state index contributed by atoms with van der Waals surface area (Å²) in [6.45, 7) is 7.31. The number of amides is 5. The van der Waals surface area contributed by atoms with Gasteiger partial charge in [-0.15, -0.1) is 6.58 Å². The van der Waals surface area contributed by atoms with E-state index in [2.05, 4.69) is 6.58 Å². The van der Waals surface area contributed by atoms with E-state index in [1.807, 2.05) is 13.8 Å². The van der Waals surface area contributed by atoms with Crippen LogP contribution in [-0.2, 0) is 14.4 Å². The van der Waals surface area contributed by atoms with Gasteiger partial charge in [0.1, 0.15) is 6.54 Å². The molecule has 1 aliphatic heterocycles. The molecule has 128 valence electrons. The molecule has 1 aliphatic rings. The Morgan fingerprint density at radius 1 is 1.26 bits per heavy atom. The zero-order valence-corrected chi connectivity index (χ0v) is 13.8. The second kappa shape index (κ2) is 7.87. The summed E-state index contributed by atoms with van der Waals surface area (Å²) in [6.07, 6.45) is 1.96. The highest BCUT2D eigenvalue weighted by atomic mass is 16.2. The fraction of sp³-hybridized carbons (Fsp3) is 0.600. The number of imide groups is 2. The number of hydrogen-bond donors (Lipinski definition) is 1. The van der Waals surface area contributed by atoms with E-state index in [4.69, 9.17) is 5.73 Å². The van der Waals surface area contributed by atoms with Gasteiger partial charge in [-0.25, -0.2) is 9.69 Å². The molecule has 0 aromatic rings. The Kier molecular flexibility index (Phi) is 6.44. The van der Waals surface area contributed by atoms with Gasteiger partial charge in [0.25, 0.3) is 0 Å². The molecule has 1 heterocycles. The summed E-state index contributed by atoms with van der Waals surface area (Å²) < 4.78 is 0. The summed E-state index contributed by atoms with van der Waals surface area (Å²) in [4.78, 5) is 50.4. The quantitative estimate of drug-likeness (QED) is 0.378. The average molecular weight is 324 g/mol. The molecule has 0 spiro atoms. The molecule has 1 saturated heterocycles. The molecule has 0 aromatic heterocycles. The number of urea groups is 1. The van der Waals surface area contributed by atoms with Crippen molar-refractivity contribution in [2.45, 2.75) is 26.3 Å². The van der Waals surface area contributed by atoms with E-state index in [-0.39, 0.29) is 12.6 Å². The lowest BCUT2D eigenvalue weighted by atomic mass is 10.0. The molecular weight excluding hydrogens is 300 g/mol. The second-order valence-corrected chi connectivity index (χ2v) is 5.89. The fourth-order valence-corrected chi connectivity index (χ4v) is 2.04. The predicted molar refractivity (Wildman–Crippen MR) is 84.1 cm³/mol. The minimum atomic E-state index is -0.988. The van der Waals surface area contributed by atoms with Crippen molar-refractivity contribution >= 4 is 23.8 Å². The van der Waals surface area contributed by atoms with Gasteiger partial charge < -0.3 is 10.6 Å². The predicted octanol–water partition coefficient (Wildman–Crippen LogP) is -0.205. The highest BCUT2D eigenvalue weighted by Crippen LogP contribution is 2.12. The van der Waals surface area contributed by atoms with Crippen LogP contribution in [0.1, 0.15) is 20.3 Å². The smallest absolute Gasteiger partial charge is 0.335 e. The maximum Gasteiger partial charge on any atom is 0.335 e. The van der Waals surface area contributed by atoms with Crippen molar-refractivity contribution < 1.29 is 19.2 Å². The van der Waals surface area contributed by atoms with Crippen molar-refractivity contribution in [2.75, 3.05) is 26.7 Å². The van der Waals surface area contributed by atoms with E-state index in [1.165, 1.54) is 11.0 Å². The summed E-state index contributed by atoms with van der Waals surface area (Å²) in [6, 6.07) is -0.828. The fourth-order valence-electron chi connectivity index (χ4n) is 2.04. The number of carbonyl (C=O) groups is 4. The Balaban J connectivity index is 2.62. The van der Waals surface area contributed by atoms with Gasteiger partial charge in [0, 0.05) is 26.2 Å². The highest BCUT2D eigenvalue weighted by Gasteiger charge is 2.44. The molecule has 8 nitrogen and oxygen atoms in total. The Morgan fingerprint density at radius 3 is 2.35 bits per heavy atom. The molecule has 0 radical (unpaired) electrons. The highest BCUT2D eigenvalue weighted by molar-refractivity contribution is 6.45. The van der Waals surface area contributed by atoms with E-state index in [9.17, 15) is 19.2 Å². The van der Waals surface area contributed by atoms with Gasteiger partial charge in [-0.1, -0.05) is 19.9 Å². The van der Waals surface area contributed by atoms with Gasteiger partial charge in [-0.3, -0.25) is 19.3 Å². The van der Waals surface area contributed by atoms with E-state index >= 15 is 0 Å². The van der Waals surface area contributed by atoms with E-state index in [1.54, 1.807) is 7.05 Å². The number of hydrogen-bond acceptors (Lipinski definition) is 5. The molecule has 1 unspecified atom stereocenters. The van der Waals surface area contributed by atoms with Gasteiger partial charge in [-0.05, 0) is 12.3 Å². The molecule has 1 rings (SSSR count). The second-order valence-electron chi connectivity index (χ2n) is 5.89. The average Bonchev–Trinajstić information content (AvgIpc) is 2.70. The molecule has 2 N–H and O–H groups in total. The van der Waals surface area contributed by atoms with E-state index < -0.39 is 30.3 Å². The molecule has 0 aromatic carbocycles. The number of nitrogens with two attached hydrogens (primary N) is 1. The lowest BCUT2D eigenvalue weighted by Gasteiger charge is -2.23. The lowest BCUT2D eigenvalue weighted by molar-refractivity contribution is -0.144. The largest absolute Gasteiger partial charge is 0.344 e. The van der Waals surface area contributed by atoms with Crippen molar-refractivity contribution in [3.63, 3.8) is 0 Å². The van der Waals surface area contributed by atoms with Crippen LogP contribution in [0, 0.1) is 5.92 Å².